The molecule has 0 heterocycles. The molecule has 0 saturated heterocycles. The van der Waals surface area contributed by atoms with Crippen LogP contribution in [0.1, 0.15) is 0 Å². The van der Waals surface area contributed by atoms with E-state index in [1.807, 2.05) is 0 Å². The van der Waals surface area contributed by atoms with E-state index in [4.69, 9.17) is 23.8 Å². The molecule has 1 unspecified atom stereocenters. The van der Waals surface area contributed by atoms with Crippen LogP contribution >= 0.6 is 27.7 Å². The third-order valence-corrected chi connectivity index (χ3v) is 0. The van der Waals surface area contributed by atoms with Crippen molar-refractivity contribution in [2.75, 3.05) is 0 Å². The Morgan fingerprint density at radius 3 is 1.12 bits per heavy atom. The van der Waals surface area contributed by atoms with Crippen LogP contribution in [-0.4, -0.2) is 14.7 Å². The Bertz CT molecular complexity index is 68.4. The van der Waals surface area contributed by atoms with Crippen molar-refractivity contribution in [1.82, 2.24) is 0 Å². The first-order valence-electron chi connectivity index (χ1n) is 1.17. The maximum absolute atomic E-state index is 9.01. The normalized spacial score (nSPS) is 8.75. The number of thiol groups is 1. The van der Waals surface area contributed by atoms with Gasteiger partial charge in [0.2, 0.25) is 0 Å². The molecule has 0 aromatic carbocycles. The lowest BCUT2D eigenvalue weighted by atomic mass is 15.8. The first-order chi connectivity index (χ1) is 3.46. The van der Waals surface area contributed by atoms with Crippen molar-refractivity contribution >= 4 is 27.7 Å². The molecule has 48 valence electrons. The van der Waals surface area contributed by atoms with Crippen LogP contribution in [0.25, 0.3) is 0 Å². The fraction of sp³-hybridized carbons (Fsp3) is 0. The third-order valence-electron chi connectivity index (χ3n) is 0. The maximum Gasteiger partial charge on any atom is 0.692 e. The molecule has 3 N–H and O–H groups in total. The first kappa shape index (κ1) is 11.3. The lowest BCUT2D eigenvalue weighted by molar-refractivity contribution is 0.405. The van der Waals surface area contributed by atoms with E-state index in [2.05, 4.69) is 12.2 Å². The van der Waals surface area contributed by atoms with Crippen molar-refractivity contribution in [3.8, 4) is 0 Å². The lowest BCUT2D eigenvalue weighted by Crippen LogP contribution is -1.38. The van der Waals surface area contributed by atoms with Crippen LogP contribution in [0.15, 0.2) is 0 Å². The second-order valence-corrected chi connectivity index (χ2v) is 2.54. The van der Waals surface area contributed by atoms with Crippen LogP contribution in [-0.2, 0) is 9.13 Å². The van der Waals surface area contributed by atoms with Gasteiger partial charge in [-0.3, -0.25) is 0 Å². The molecule has 1 atom stereocenters. The standard InChI is InChI=1S/HO3P.HO2PS/c1-4(2)3;1-3(2)4/h(H-,1,2,3);(H-,1,2,4)/p+2. The Morgan fingerprint density at radius 2 is 1.12 bits per heavy atom. The number of rotatable bonds is 0. The van der Waals surface area contributed by atoms with E-state index in [0.717, 1.165) is 0 Å². The van der Waals surface area contributed by atoms with Crippen molar-refractivity contribution in [3.05, 3.63) is 0 Å². The summed E-state index contributed by atoms with van der Waals surface area (Å²) in [6.07, 6.45) is 0. The van der Waals surface area contributed by atoms with Crippen LogP contribution in [0.2, 0.25) is 0 Å². The average molecular weight is 178 g/mol. The summed E-state index contributed by atoms with van der Waals surface area (Å²) in [5.41, 5.74) is 0. The third kappa shape index (κ3) is 1030. The Hall–Kier alpha value is 0.430. The molecule has 0 aromatic rings. The maximum atomic E-state index is 9.01. The number of hydrogen-bond donors (Lipinski definition) is 4. The SMILES string of the molecule is O=[P+](O)O.O=[P+](O)S. The summed E-state index contributed by atoms with van der Waals surface area (Å²) in [5.74, 6) is 0. The van der Waals surface area contributed by atoms with Crippen molar-refractivity contribution < 1.29 is 23.8 Å². The second kappa shape index (κ2) is 7.43. The average Bonchev–Trinajstić information content (AvgIpc) is 1.25. The molecule has 0 fully saturated rings. The van der Waals surface area contributed by atoms with Gasteiger partial charge in [-0.2, -0.15) is 4.89 Å². The van der Waals surface area contributed by atoms with Gasteiger partial charge in [0.15, 0.2) is 0 Å². The zero-order valence-electron chi connectivity index (χ0n) is 3.50. The van der Waals surface area contributed by atoms with E-state index in [-0.39, 0.29) is 0 Å². The van der Waals surface area contributed by atoms with Gasteiger partial charge in [0.25, 0.3) is 0 Å². The van der Waals surface area contributed by atoms with Gasteiger partial charge < -0.3 is 0 Å². The molecular weight excluding hydrogens is 174 g/mol. The topological polar surface area (TPSA) is 94.8 Å². The Balaban J connectivity index is 0. The molecule has 0 rings (SSSR count). The van der Waals surface area contributed by atoms with E-state index in [0.29, 0.717) is 0 Å². The van der Waals surface area contributed by atoms with Gasteiger partial charge in [0.1, 0.15) is 12.2 Å². The van der Waals surface area contributed by atoms with Crippen molar-refractivity contribution in [1.29, 1.82) is 0 Å². The van der Waals surface area contributed by atoms with Crippen molar-refractivity contribution in [2.24, 2.45) is 0 Å². The monoisotopic (exact) mass is 178 g/mol. The summed E-state index contributed by atoms with van der Waals surface area (Å²) in [7, 11) is -5.05. The van der Waals surface area contributed by atoms with Crippen LogP contribution in [0, 0.1) is 0 Å². The largest absolute Gasteiger partial charge is 0.692 e. The molecular formula is H4O5P2S+2. The van der Waals surface area contributed by atoms with Crippen LogP contribution < -0.4 is 0 Å². The molecule has 0 bridgehead atoms. The highest BCUT2D eigenvalue weighted by molar-refractivity contribution is 8.38. The molecule has 8 heavy (non-hydrogen) atoms. The Kier molecular flexibility index (Phi) is 10.5. The molecule has 0 radical (unpaired) electrons. The first-order valence-corrected chi connectivity index (χ1v) is 4.70. The van der Waals surface area contributed by atoms with Crippen LogP contribution in [0.5, 0.6) is 0 Å². The van der Waals surface area contributed by atoms with Crippen molar-refractivity contribution in [2.45, 2.75) is 0 Å². The molecule has 0 aliphatic rings. The highest BCUT2D eigenvalue weighted by Gasteiger charge is 1.93. The van der Waals surface area contributed by atoms with Crippen LogP contribution in [0.4, 0.5) is 0 Å². The quantitative estimate of drug-likeness (QED) is 0.314. The van der Waals surface area contributed by atoms with Gasteiger partial charge in [-0.1, -0.05) is 0 Å². The molecule has 5 nitrogen and oxygen atoms in total. The van der Waals surface area contributed by atoms with Gasteiger partial charge in [0, 0.05) is 4.57 Å². The van der Waals surface area contributed by atoms with E-state index in [1.165, 1.54) is 0 Å². The summed E-state index contributed by atoms with van der Waals surface area (Å²) in [5, 5.41) is 0. The van der Waals surface area contributed by atoms with Gasteiger partial charge >= 0.3 is 15.5 Å². The fourth-order valence-corrected chi connectivity index (χ4v) is 0. The van der Waals surface area contributed by atoms with E-state index < -0.39 is 15.5 Å². The molecule has 0 aliphatic carbocycles. The highest BCUT2D eigenvalue weighted by Crippen LogP contribution is 2.16. The Labute approximate surface area is 52.3 Å². The van der Waals surface area contributed by atoms with E-state index >= 15 is 0 Å². The minimum absolute atomic E-state index is 2.18. The van der Waals surface area contributed by atoms with Gasteiger partial charge in [0.05, 0.1) is 0 Å². The van der Waals surface area contributed by atoms with E-state index in [1.54, 1.807) is 0 Å². The lowest BCUT2D eigenvalue weighted by Gasteiger charge is -1.34. The van der Waals surface area contributed by atoms with Crippen molar-refractivity contribution in [3.63, 3.8) is 0 Å². The second-order valence-electron chi connectivity index (χ2n) is 0.505. The summed E-state index contributed by atoms with van der Waals surface area (Å²) in [4.78, 5) is 21.7. The minimum Gasteiger partial charge on any atom is -0.151 e. The Morgan fingerprint density at radius 1 is 1.12 bits per heavy atom. The summed E-state index contributed by atoms with van der Waals surface area (Å²) in [6, 6.07) is 0. The fourth-order valence-electron chi connectivity index (χ4n) is 0. The predicted octanol–water partition coefficient (Wildman–Crippen LogP) is 0.194. The smallest absolute Gasteiger partial charge is 0.151 e. The van der Waals surface area contributed by atoms with E-state index in [9.17, 15) is 0 Å². The number of hydrogen-bond acceptors (Lipinski definition) is 2. The van der Waals surface area contributed by atoms with Gasteiger partial charge in [-0.05, 0) is 4.57 Å². The summed E-state index contributed by atoms with van der Waals surface area (Å²) >= 11 is 3.03. The minimum atomic E-state index is -2.87. The highest BCUT2D eigenvalue weighted by atomic mass is 32.7. The summed E-state index contributed by atoms with van der Waals surface area (Å²) in [6.45, 7) is 0. The zero-order valence-corrected chi connectivity index (χ0v) is 6.18. The van der Waals surface area contributed by atoms with Gasteiger partial charge in [-0.15, -0.1) is 9.79 Å². The predicted molar refractivity (Wildman–Crippen MR) is 30.9 cm³/mol. The molecule has 0 amide bonds. The molecule has 0 saturated carbocycles. The molecule has 0 aromatic heterocycles. The molecule has 8 heteroatoms. The summed E-state index contributed by atoms with van der Waals surface area (Å²) < 4.78 is 17.7. The van der Waals surface area contributed by atoms with Crippen LogP contribution in [0.3, 0.4) is 0 Å². The molecule has 0 aliphatic heterocycles. The van der Waals surface area contributed by atoms with Gasteiger partial charge in [-0.25, -0.2) is 0 Å². The zero-order chi connectivity index (χ0) is 7.15. The molecule has 0 spiro atoms.